The number of methoxy groups -OCH3 is 1. The summed E-state index contributed by atoms with van der Waals surface area (Å²) >= 11 is 6.22. The summed E-state index contributed by atoms with van der Waals surface area (Å²) in [7, 11) is 1.30. The van der Waals surface area contributed by atoms with Gasteiger partial charge in [-0.3, -0.25) is 10.1 Å². The van der Waals surface area contributed by atoms with Crippen LogP contribution in [0, 0.1) is 5.92 Å². The summed E-state index contributed by atoms with van der Waals surface area (Å²) in [5, 5.41) is 24.6. The Labute approximate surface area is 234 Å². The lowest BCUT2D eigenvalue weighted by Gasteiger charge is -2.39. The van der Waals surface area contributed by atoms with Gasteiger partial charge in [0.25, 0.3) is 0 Å². The summed E-state index contributed by atoms with van der Waals surface area (Å²) in [5.74, 6) is 0.186. The molecule has 0 saturated carbocycles. The van der Waals surface area contributed by atoms with Crippen molar-refractivity contribution in [3.8, 4) is 16.9 Å². The second-order valence-electron chi connectivity index (χ2n) is 9.22. The Morgan fingerprint density at radius 1 is 1.25 bits per heavy atom. The van der Waals surface area contributed by atoms with Crippen molar-refractivity contribution in [2.45, 2.75) is 18.9 Å². The van der Waals surface area contributed by atoms with Gasteiger partial charge in [0.05, 0.1) is 24.5 Å². The number of aliphatic hydroxyl groups is 1. The number of likely N-dealkylation sites (tertiary alicyclic amines) is 1. The summed E-state index contributed by atoms with van der Waals surface area (Å²) in [6, 6.07) is 11.9. The zero-order chi connectivity index (χ0) is 28.1. The van der Waals surface area contributed by atoms with Crippen molar-refractivity contribution in [3.05, 3.63) is 77.5 Å². The average Bonchev–Trinajstić information content (AvgIpc) is 3.69. The molecule has 2 amide bonds. The number of imidazole rings is 1. The number of carbonyl (C=O) groups is 2. The fourth-order valence-corrected chi connectivity index (χ4v) is 4.99. The number of aliphatic hydroxyl groups excluding tert-OH is 1. The van der Waals surface area contributed by atoms with E-state index in [0.29, 0.717) is 40.0 Å². The van der Waals surface area contributed by atoms with Crippen LogP contribution in [0.15, 0.2) is 61.1 Å². The van der Waals surface area contributed by atoms with Gasteiger partial charge in [-0.15, -0.1) is 5.10 Å². The highest BCUT2D eigenvalue weighted by Gasteiger charge is 2.36. The molecule has 3 heterocycles. The Kier molecular flexibility index (Phi) is 8.18. The zero-order valence-corrected chi connectivity index (χ0v) is 22.3. The molecule has 40 heavy (non-hydrogen) atoms. The molecule has 5 rings (SSSR count). The predicted molar refractivity (Wildman–Crippen MR) is 148 cm³/mol. The number of aromatic nitrogens is 6. The molecule has 3 N–H and O–H groups in total. The Hall–Kier alpha value is -4.55. The molecule has 0 unspecified atom stereocenters. The van der Waals surface area contributed by atoms with Crippen LogP contribution in [-0.4, -0.2) is 72.4 Å². The minimum Gasteiger partial charge on any atom is -0.453 e. The maximum Gasteiger partial charge on any atom is 0.411 e. The van der Waals surface area contributed by atoms with Crippen LogP contribution in [0.25, 0.3) is 23.0 Å². The highest BCUT2D eigenvalue weighted by Crippen LogP contribution is 2.36. The number of ether oxygens (including phenoxy) is 1. The number of piperidine rings is 1. The van der Waals surface area contributed by atoms with Gasteiger partial charge in [0.15, 0.2) is 0 Å². The standard InChI is InChI=1S/C27H27ClN8O4/c1-40-27(39)31-21-8-4-17(5-9-21)22-14-29-26(32-22)25-19(15-37)3-2-12-35(25)24(38)11-6-18-13-20(28)7-10-23(18)36-16-30-33-34-36/h4-11,13-14,16,19,25,37H,2-3,12,15H2,1H3,(H,29,32)(H,31,39)/b11-6+/t19-,25-/m0/s1. The maximum absolute atomic E-state index is 13.5. The molecule has 1 saturated heterocycles. The van der Waals surface area contributed by atoms with Crippen LogP contribution >= 0.6 is 11.6 Å². The second kappa shape index (κ2) is 12.1. The first-order valence-corrected chi connectivity index (χ1v) is 13.0. The summed E-state index contributed by atoms with van der Waals surface area (Å²) in [4.78, 5) is 34.7. The molecule has 2 atom stereocenters. The van der Waals surface area contributed by atoms with Gasteiger partial charge in [0.1, 0.15) is 12.2 Å². The van der Waals surface area contributed by atoms with Crippen molar-refractivity contribution in [1.82, 2.24) is 35.1 Å². The van der Waals surface area contributed by atoms with E-state index in [0.717, 1.165) is 18.4 Å². The normalized spacial score (nSPS) is 17.2. The van der Waals surface area contributed by atoms with E-state index in [1.807, 2.05) is 12.1 Å². The Morgan fingerprint density at radius 2 is 2.08 bits per heavy atom. The number of rotatable bonds is 7. The first-order chi connectivity index (χ1) is 19.5. The molecule has 0 spiro atoms. The fourth-order valence-electron chi connectivity index (χ4n) is 4.81. The SMILES string of the molecule is COC(=O)Nc1ccc(-c2c[nH]c([C@@H]3[C@H](CO)CCCN3C(=O)/C=C/c3cc(Cl)ccc3-n3cnnn3)n2)cc1. The second-order valence-corrected chi connectivity index (χ2v) is 9.65. The third-order valence-corrected chi connectivity index (χ3v) is 6.99. The van der Waals surface area contributed by atoms with Crippen molar-refractivity contribution in [1.29, 1.82) is 0 Å². The van der Waals surface area contributed by atoms with Gasteiger partial charge in [-0.25, -0.2) is 9.78 Å². The van der Waals surface area contributed by atoms with Crippen LogP contribution in [0.1, 0.15) is 30.3 Å². The lowest BCUT2D eigenvalue weighted by molar-refractivity contribution is -0.132. The minimum atomic E-state index is -0.553. The molecular weight excluding hydrogens is 536 g/mol. The van der Waals surface area contributed by atoms with E-state index < -0.39 is 12.1 Å². The van der Waals surface area contributed by atoms with Crippen LogP contribution < -0.4 is 5.32 Å². The van der Waals surface area contributed by atoms with Crippen molar-refractivity contribution >= 4 is 35.4 Å². The largest absolute Gasteiger partial charge is 0.453 e. The lowest BCUT2D eigenvalue weighted by atomic mass is 9.89. The lowest BCUT2D eigenvalue weighted by Crippen LogP contribution is -2.43. The van der Waals surface area contributed by atoms with Gasteiger partial charge in [-0.2, -0.15) is 4.68 Å². The van der Waals surface area contributed by atoms with Crippen LogP contribution in [-0.2, 0) is 9.53 Å². The Balaban J connectivity index is 1.39. The molecule has 2 aromatic carbocycles. The molecular formula is C27H27ClN8O4. The highest BCUT2D eigenvalue weighted by atomic mass is 35.5. The number of nitrogens with zero attached hydrogens (tertiary/aromatic N) is 6. The van der Waals surface area contributed by atoms with Crippen LogP contribution in [0.2, 0.25) is 5.02 Å². The average molecular weight is 563 g/mol. The number of benzene rings is 2. The molecule has 0 bridgehead atoms. The van der Waals surface area contributed by atoms with E-state index >= 15 is 0 Å². The van der Waals surface area contributed by atoms with Gasteiger partial charge in [0.2, 0.25) is 5.91 Å². The van der Waals surface area contributed by atoms with Crippen molar-refractivity contribution in [3.63, 3.8) is 0 Å². The smallest absolute Gasteiger partial charge is 0.411 e. The van der Waals surface area contributed by atoms with Gasteiger partial charge >= 0.3 is 6.09 Å². The summed E-state index contributed by atoms with van der Waals surface area (Å²) in [6.07, 6.45) is 7.37. The topological polar surface area (TPSA) is 151 Å². The quantitative estimate of drug-likeness (QED) is 0.287. The number of hydrogen-bond acceptors (Lipinski definition) is 8. The molecule has 2 aromatic heterocycles. The molecule has 0 aliphatic carbocycles. The molecule has 1 fully saturated rings. The number of tetrazole rings is 1. The summed E-state index contributed by atoms with van der Waals surface area (Å²) < 4.78 is 6.11. The van der Waals surface area contributed by atoms with E-state index in [1.165, 1.54) is 24.2 Å². The van der Waals surface area contributed by atoms with E-state index in [9.17, 15) is 14.7 Å². The first-order valence-electron chi connectivity index (χ1n) is 12.6. The van der Waals surface area contributed by atoms with E-state index in [4.69, 9.17) is 16.6 Å². The molecule has 4 aromatic rings. The van der Waals surface area contributed by atoms with Crippen molar-refractivity contribution in [2.24, 2.45) is 5.92 Å². The van der Waals surface area contributed by atoms with Gasteiger partial charge < -0.3 is 19.7 Å². The number of H-pyrrole nitrogens is 1. The van der Waals surface area contributed by atoms with Gasteiger partial charge in [0, 0.05) is 53.2 Å². The number of halogens is 1. The molecule has 13 heteroatoms. The number of amides is 2. The number of nitrogens with one attached hydrogen (secondary N) is 2. The fraction of sp³-hybridized carbons (Fsp3) is 0.259. The summed E-state index contributed by atoms with van der Waals surface area (Å²) in [5.41, 5.74) is 3.43. The zero-order valence-electron chi connectivity index (χ0n) is 21.6. The van der Waals surface area contributed by atoms with Crippen LogP contribution in [0.5, 0.6) is 0 Å². The number of carbonyl (C=O) groups excluding carboxylic acids is 2. The number of hydrogen-bond donors (Lipinski definition) is 3. The van der Waals surface area contributed by atoms with E-state index in [1.54, 1.807) is 47.5 Å². The molecule has 0 radical (unpaired) electrons. The summed E-state index contributed by atoms with van der Waals surface area (Å²) in [6.45, 7) is 0.434. The van der Waals surface area contributed by atoms with Crippen molar-refractivity contribution in [2.75, 3.05) is 25.6 Å². The van der Waals surface area contributed by atoms with E-state index in [2.05, 4.69) is 30.6 Å². The van der Waals surface area contributed by atoms with E-state index in [-0.39, 0.29) is 18.4 Å². The monoisotopic (exact) mass is 562 g/mol. The van der Waals surface area contributed by atoms with Gasteiger partial charge in [-0.1, -0.05) is 23.7 Å². The molecule has 1 aliphatic heterocycles. The highest BCUT2D eigenvalue weighted by molar-refractivity contribution is 6.30. The predicted octanol–water partition coefficient (Wildman–Crippen LogP) is 3.87. The maximum atomic E-state index is 13.5. The van der Waals surface area contributed by atoms with Crippen LogP contribution in [0.4, 0.5) is 10.5 Å². The third-order valence-electron chi connectivity index (χ3n) is 6.75. The first kappa shape index (κ1) is 27.0. The van der Waals surface area contributed by atoms with Crippen LogP contribution in [0.3, 0.4) is 0 Å². The Morgan fingerprint density at radius 3 is 2.80 bits per heavy atom. The minimum absolute atomic E-state index is 0.0835. The number of anilines is 1. The van der Waals surface area contributed by atoms with Crippen molar-refractivity contribution < 1.29 is 19.4 Å². The Bertz CT molecular complexity index is 1500. The molecule has 1 aliphatic rings. The third kappa shape index (κ3) is 5.87. The number of aromatic amines is 1. The molecule has 12 nitrogen and oxygen atoms in total. The molecule has 206 valence electrons. The van der Waals surface area contributed by atoms with Gasteiger partial charge in [-0.05, 0) is 59.7 Å².